The van der Waals surface area contributed by atoms with Crippen LogP contribution in [-0.2, 0) is 11.3 Å². The van der Waals surface area contributed by atoms with E-state index in [2.05, 4.69) is 21.3 Å². The van der Waals surface area contributed by atoms with Gasteiger partial charge < -0.3 is 20.7 Å². The van der Waals surface area contributed by atoms with Crippen LogP contribution in [-0.4, -0.2) is 52.7 Å². The topological polar surface area (TPSA) is 83.7 Å². The summed E-state index contributed by atoms with van der Waals surface area (Å²) in [5.41, 5.74) is 9.53. The van der Waals surface area contributed by atoms with Crippen LogP contribution in [0.2, 0.25) is 5.02 Å². The first-order chi connectivity index (χ1) is 16.1. The van der Waals surface area contributed by atoms with Gasteiger partial charge in [-0.2, -0.15) is 0 Å². The minimum Gasteiger partial charge on any atom is -0.444 e. The predicted octanol–water partition coefficient (Wildman–Crippen LogP) is 5.58. The molecule has 0 bridgehead atoms. The molecule has 180 valence electrons. The third-order valence-corrected chi connectivity index (χ3v) is 6.30. The summed E-state index contributed by atoms with van der Waals surface area (Å²) in [6.07, 6.45) is 1.51. The van der Waals surface area contributed by atoms with Gasteiger partial charge in [-0.3, -0.25) is 4.90 Å². The highest BCUT2D eigenvalue weighted by Crippen LogP contribution is 2.31. The Balaban J connectivity index is 1.44. The molecular formula is C26H32ClN5O2. The number of halogens is 1. The van der Waals surface area contributed by atoms with E-state index in [4.69, 9.17) is 22.1 Å². The number of fused-ring (bicyclic) bond motifs is 1. The number of rotatable bonds is 4. The summed E-state index contributed by atoms with van der Waals surface area (Å²) in [5, 5.41) is 6.10. The maximum absolute atomic E-state index is 12.3. The van der Waals surface area contributed by atoms with E-state index in [-0.39, 0.29) is 6.09 Å². The Hall–Kier alpha value is -3.03. The van der Waals surface area contributed by atoms with E-state index in [9.17, 15) is 4.79 Å². The van der Waals surface area contributed by atoms with Crippen molar-refractivity contribution in [3.63, 3.8) is 0 Å². The fraction of sp³-hybridized carbons (Fsp3) is 0.385. The van der Waals surface area contributed by atoms with Gasteiger partial charge in [-0.25, -0.2) is 9.78 Å². The Bertz CT molecular complexity index is 1200. The van der Waals surface area contributed by atoms with E-state index in [0.717, 1.165) is 52.2 Å². The zero-order valence-electron chi connectivity index (χ0n) is 20.2. The Labute approximate surface area is 205 Å². The van der Waals surface area contributed by atoms with Gasteiger partial charge in [0.15, 0.2) is 0 Å². The molecule has 0 saturated carbocycles. The molecule has 1 amide bonds. The van der Waals surface area contributed by atoms with Crippen molar-refractivity contribution in [2.45, 2.75) is 39.8 Å². The number of pyridine rings is 1. The minimum absolute atomic E-state index is 0.255. The Morgan fingerprint density at radius 1 is 1.12 bits per heavy atom. The fourth-order valence-electron chi connectivity index (χ4n) is 4.05. The van der Waals surface area contributed by atoms with Crippen molar-refractivity contribution in [2.24, 2.45) is 0 Å². The van der Waals surface area contributed by atoms with Crippen molar-refractivity contribution in [2.75, 3.05) is 37.2 Å². The standard InChI is InChI=1S/C26H32ClN5O2/c1-17-5-7-21-20(23(17)28)9-10-29-24(21)30-19-6-8-22(27)18(15-19)16-31-11-13-32(14-12-31)25(33)34-26(2,3)4/h5-10,15H,11-14,16,28H2,1-4H3,(H,29,30). The van der Waals surface area contributed by atoms with E-state index >= 15 is 0 Å². The summed E-state index contributed by atoms with van der Waals surface area (Å²) in [5.74, 6) is 0.753. The summed E-state index contributed by atoms with van der Waals surface area (Å²) in [6.45, 7) is 11.1. The molecule has 1 aliphatic heterocycles. The molecule has 4 rings (SSSR count). The van der Waals surface area contributed by atoms with Crippen LogP contribution in [0.25, 0.3) is 10.8 Å². The lowest BCUT2D eigenvalue weighted by molar-refractivity contribution is 0.0139. The van der Waals surface area contributed by atoms with Crippen LogP contribution in [0.4, 0.5) is 22.0 Å². The third kappa shape index (κ3) is 5.54. The Kier molecular flexibility index (Phi) is 6.86. The predicted molar refractivity (Wildman–Crippen MR) is 139 cm³/mol. The summed E-state index contributed by atoms with van der Waals surface area (Å²) >= 11 is 6.53. The lowest BCUT2D eigenvalue weighted by atomic mass is 10.1. The molecule has 0 unspecified atom stereocenters. The van der Waals surface area contributed by atoms with Crippen LogP contribution >= 0.6 is 11.6 Å². The number of piperazine rings is 1. The number of hydrogen-bond acceptors (Lipinski definition) is 6. The van der Waals surface area contributed by atoms with Crippen LogP contribution in [0.3, 0.4) is 0 Å². The van der Waals surface area contributed by atoms with E-state index in [1.165, 1.54) is 0 Å². The van der Waals surface area contributed by atoms with Crippen LogP contribution in [0.15, 0.2) is 42.6 Å². The number of nitrogens with two attached hydrogens (primary N) is 1. The van der Waals surface area contributed by atoms with Crippen molar-refractivity contribution in [1.82, 2.24) is 14.8 Å². The monoisotopic (exact) mass is 481 g/mol. The van der Waals surface area contributed by atoms with Gasteiger partial charge in [-0.05, 0) is 63.1 Å². The second-order valence-corrected chi connectivity index (χ2v) is 10.1. The quantitative estimate of drug-likeness (QED) is 0.473. The van der Waals surface area contributed by atoms with E-state index < -0.39 is 5.60 Å². The molecule has 0 atom stereocenters. The minimum atomic E-state index is -0.487. The van der Waals surface area contributed by atoms with Crippen LogP contribution in [0.5, 0.6) is 0 Å². The van der Waals surface area contributed by atoms with Crippen molar-refractivity contribution in [3.05, 3.63) is 58.7 Å². The highest BCUT2D eigenvalue weighted by molar-refractivity contribution is 6.31. The number of anilines is 3. The van der Waals surface area contributed by atoms with Gasteiger partial charge in [0.05, 0.1) is 0 Å². The first kappa shape index (κ1) is 24.1. The second-order valence-electron chi connectivity index (χ2n) is 9.73. The molecule has 0 spiro atoms. The maximum Gasteiger partial charge on any atom is 0.410 e. The fourth-order valence-corrected chi connectivity index (χ4v) is 4.23. The Morgan fingerprint density at radius 3 is 2.56 bits per heavy atom. The first-order valence-corrected chi connectivity index (χ1v) is 11.9. The lowest BCUT2D eigenvalue weighted by Crippen LogP contribution is -2.49. The van der Waals surface area contributed by atoms with Crippen molar-refractivity contribution < 1.29 is 9.53 Å². The first-order valence-electron chi connectivity index (χ1n) is 11.5. The summed E-state index contributed by atoms with van der Waals surface area (Å²) in [6, 6.07) is 11.9. The van der Waals surface area contributed by atoms with Gasteiger partial charge in [-0.15, -0.1) is 0 Å². The molecule has 34 heavy (non-hydrogen) atoms. The van der Waals surface area contributed by atoms with Crippen molar-refractivity contribution in [1.29, 1.82) is 0 Å². The normalized spacial score (nSPS) is 14.9. The highest BCUT2D eigenvalue weighted by atomic mass is 35.5. The average Bonchev–Trinajstić information content (AvgIpc) is 2.78. The molecular weight excluding hydrogens is 450 g/mol. The largest absolute Gasteiger partial charge is 0.444 e. The lowest BCUT2D eigenvalue weighted by Gasteiger charge is -2.35. The molecule has 0 radical (unpaired) electrons. The number of carbonyl (C=O) groups is 1. The number of ether oxygens (including phenoxy) is 1. The second kappa shape index (κ2) is 9.68. The molecule has 7 nitrogen and oxygen atoms in total. The van der Waals surface area contributed by atoms with Gasteiger partial charge in [-0.1, -0.05) is 23.7 Å². The molecule has 3 aromatic rings. The van der Waals surface area contributed by atoms with Gasteiger partial charge in [0.2, 0.25) is 0 Å². The van der Waals surface area contributed by atoms with Gasteiger partial charge >= 0.3 is 6.09 Å². The van der Waals surface area contributed by atoms with Crippen LogP contribution < -0.4 is 11.1 Å². The number of aryl methyl sites for hydroxylation is 1. The summed E-state index contributed by atoms with van der Waals surface area (Å²) in [4.78, 5) is 20.9. The number of carbonyl (C=O) groups excluding carboxylic acids is 1. The van der Waals surface area contributed by atoms with Gasteiger partial charge in [0.1, 0.15) is 11.4 Å². The number of nitrogens with zero attached hydrogens (tertiary/aromatic N) is 3. The van der Waals surface area contributed by atoms with E-state index in [1.807, 2.05) is 58.0 Å². The van der Waals surface area contributed by atoms with Crippen molar-refractivity contribution in [3.8, 4) is 0 Å². The average molecular weight is 482 g/mol. The maximum atomic E-state index is 12.3. The number of amides is 1. The van der Waals surface area contributed by atoms with Gasteiger partial charge in [0.25, 0.3) is 0 Å². The smallest absolute Gasteiger partial charge is 0.410 e. The molecule has 3 N–H and O–H groups in total. The zero-order valence-corrected chi connectivity index (χ0v) is 20.9. The third-order valence-electron chi connectivity index (χ3n) is 5.93. The molecule has 2 aromatic carbocycles. The van der Waals surface area contributed by atoms with Gasteiger partial charge in [0, 0.05) is 66.1 Å². The molecule has 2 heterocycles. The number of nitrogens with one attached hydrogen (secondary N) is 1. The van der Waals surface area contributed by atoms with E-state index in [0.29, 0.717) is 24.7 Å². The number of benzene rings is 2. The number of hydrogen-bond donors (Lipinski definition) is 2. The van der Waals surface area contributed by atoms with Crippen LogP contribution in [0.1, 0.15) is 31.9 Å². The molecule has 1 aliphatic rings. The molecule has 0 aliphatic carbocycles. The number of aromatic nitrogens is 1. The highest BCUT2D eigenvalue weighted by Gasteiger charge is 2.26. The Morgan fingerprint density at radius 2 is 1.85 bits per heavy atom. The van der Waals surface area contributed by atoms with Crippen LogP contribution in [0, 0.1) is 6.92 Å². The van der Waals surface area contributed by atoms with Crippen molar-refractivity contribution >= 4 is 45.7 Å². The summed E-state index contributed by atoms with van der Waals surface area (Å²) in [7, 11) is 0. The number of nitrogen functional groups attached to an aromatic ring is 1. The zero-order chi connectivity index (χ0) is 24.5. The molecule has 1 saturated heterocycles. The van der Waals surface area contributed by atoms with E-state index in [1.54, 1.807) is 11.1 Å². The molecule has 1 aromatic heterocycles. The molecule has 8 heteroatoms. The SMILES string of the molecule is Cc1ccc2c(Nc3ccc(Cl)c(CN4CCN(C(=O)OC(C)(C)C)CC4)c3)nccc2c1N. The molecule has 1 fully saturated rings. The summed E-state index contributed by atoms with van der Waals surface area (Å²) < 4.78 is 5.49.